The number of nitrogens with two attached hydrogens (primary N) is 1. The summed E-state index contributed by atoms with van der Waals surface area (Å²) in [5.41, 5.74) is 3.45. The van der Waals surface area contributed by atoms with E-state index in [4.69, 9.17) is 10.4 Å². The van der Waals surface area contributed by atoms with E-state index in [-0.39, 0.29) is 0 Å². The number of hydrogen-bond acceptors (Lipinski definition) is 3. The maximum Gasteiger partial charge on any atom is 0.259 e. The van der Waals surface area contributed by atoms with E-state index in [1.165, 1.54) is 0 Å². The van der Waals surface area contributed by atoms with Crippen molar-refractivity contribution in [2.24, 2.45) is 5.84 Å². The van der Waals surface area contributed by atoms with Crippen LogP contribution >= 0.6 is 0 Å². The molecule has 0 spiro atoms. The average molecular weight is 187 g/mol. The minimum atomic E-state index is -2.07. The molecular weight excluding hydrogens is 178 g/mol. The molecule has 6 heteroatoms. The fraction of sp³-hybridized carbons (Fsp3) is 0. The van der Waals surface area contributed by atoms with E-state index in [1.54, 1.807) is 24.3 Å². The summed E-state index contributed by atoms with van der Waals surface area (Å²) < 4.78 is 21.2. The molecule has 1 aromatic carbocycles. The Morgan fingerprint density at radius 1 is 1.33 bits per heavy atom. The summed E-state index contributed by atoms with van der Waals surface area (Å²) in [6, 6.07) is 6.83. The van der Waals surface area contributed by atoms with Gasteiger partial charge in [0.2, 0.25) is 0 Å². The van der Waals surface area contributed by atoms with Crippen LogP contribution in [0.5, 0.6) is 0 Å². The van der Waals surface area contributed by atoms with Gasteiger partial charge in [-0.25, -0.2) is 4.21 Å². The zero-order valence-corrected chi connectivity index (χ0v) is 6.97. The summed E-state index contributed by atoms with van der Waals surface area (Å²) in [6.45, 7) is 0. The van der Waals surface area contributed by atoms with Crippen LogP contribution in [-0.4, -0.2) is 8.76 Å². The Morgan fingerprint density at radius 2 is 1.92 bits per heavy atom. The first-order valence-electron chi connectivity index (χ1n) is 3.17. The Hall–Kier alpha value is -1.11. The highest BCUT2D eigenvalue weighted by molar-refractivity contribution is 7.80. The quantitative estimate of drug-likeness (QED) is 0.315. The first-order valence-corrected chi connectivity index (χ1v) is 4.28. The topological polar surface area (TPSA) is 87.4 Å². The Morgan fingerprint density at radius 3 is 2.42 bits per heavy atom. The highest BCUT2D eigenvalue weighted by atomic mass is 32.2. The molecule has 66 valence electrons. The van der Waals surface area contributed by atoms with Gasteiger partial charge < -0.3 is 5.43 Å². The molecule has 5 N–H and O–H groups in total. The number of benzene rings is 1. The summed E-state index contributed by atoms with van der Waals surface area (Å²) >= 11 is -2.07. The zero-order chi connectivity index (χ0) is 8.97. The minimum Gasteiger partial charge on any atom is -0.322 e. The monoisotopic (exact) mass is 187 g/mol. The van der Waals surface area contributed by atoms with Crippen LogP contribution in [0.2, 0.25) is 0 Å². The molecule has 0 saturated heterocycles. The number of anilines is 2. The third-order valence-corrected chi connectivity index (χ3v) is 1.67. The van der Waals surface area contributed by atoms with Crippen LogP contribution in [0.1, 0.15) is 0 Å². The number of hydrogen-bond donors (Lipinski definition) is 4. The molecule has 1 unspecified atom stereocenters. The van der Waals surface area contributed by atoms with Crippen molar-refractivity contribution < 1.29 is 8.76 Å². The lowest BCUT2D eigenvalue weighted by atomic mass is 10.3. The van der Waals surface area contributed by atoms with Crippen molar-refractivity contribution in [1.82, 2.24) is 0 Å². The van der Waals surface area contributed by atoms with E-state index < -0.39 is 11.3 Å². The summed E-state index contributed by atoms with van der Waals surface area (Å²) in [5.74, 6) is 5.16. The van der Waals surface area contributed by atoms with Crippen LogP contribution in [-0.2, 0) is 11.3 Å². The summed E-state index contributed by atoms with van der Waals surface area (Å²) in [4.78, 5) is 0. The number of nitrogen functional groups attached to an aromatic ring is 1. The van der Waals surface area contributed by atoms with Crippen molar-refractivity contribution in [2.75, 3.05) is 10.1 Å². The Balaban J connectivity index is 2.89. The maximum atomic E-state index is 10.4. The van der Waals surface area contributed by atoms with Crippen molar-refractivity contribution in [1.29, 1.82) is 0 Å². The van der Waals surface area contributed by atoms with Gasteiger partial charge in [-0.05, 0) is 12.1 Å². The molecule has 1 rings (SSSR count). The van der Waals surface area contributed by atoms with Crippen LogP contribution in [0.3, 0.4) is 0 Å². The van der Waals surface area contributed by atoms with Gasteiger partial charge in [0.05, 0.1) is 11.4 Å². The molecule has 0 fully saturated rings. The van der Waals surface area contributed by atoms with Crippen molar-refractivity contribution in [2.45, 2.75) is 0 Å². The molecule has 0 aliphatic carbocycles. The van der Waals surface area contributed by atoms with Crippen LogP contribution in [0.15, 0.2) is 24.3 Å². The van der Waals surface area contributed by atoms with E-state index in [2.05, 4.69) is 10.1 Å². The zero-order valence-electron chi connectivity index (χ0n) is 6.15. The highest BCUT2D eigenvalue weighted by Crippen LogP contribution is 2.19. The predicted molar refractivity (Wildman–Crippen MR) is 48.6 cm³/mol. The number of nitrogens with one attached hydrogen (secondary N) is 2. The third kappa shape index (κ3) is 2.19. The number of hydrazine groups is 1. The van der Waals surface area contributed by atoms with Crippen LogP contribution in [0.25, 0.3) is 0 Å². The van der Waals surface area contributed by atoms with Gasteiger partial charge in [0.1, 0.15) is 0 Å². The van der Waals surface area contributed by atoms with Crippen molar-refractivity contribution in [3.8, 4) is 0 Å². The Kier molecular flexibility index (Phi) is 3.03. The van der Waals surface area contributed by atoms with Gasteiger partial charge in [0.25, 0.3) is 11.3 Å². The second-order valence-corrected chi connectivity index (χ2v) is 2.74. The molecule has 1 atom stereocenters. The molecule has 5 nitrogen and oxygen atoms in total. The smallest absolute Gasteiger partial charge is 0.259 e. The number of para-hydroxylation sites is 2. The van der Waals surface area contributed by atoms with Gasteiger partial charge in [0, 0.05) is 0 Å². The maximum absolute atomic E-state index is 10.4. The van der Waals surface area contributed by atoms with Crippen molar-refractivity contribution in [3.05, 3.63) is 24.3 Å². The Labute approximate surface area is 72.4 Å². The van der Waals surface area contributed by atoms with E-state index >= 15 is 0 Å². The summed E-state index contributed by atoms with van der Waals surface area (Å²) in [7, 11) is 0. The van der Waals surface area contributed by atoms with Gasteiger partial charge in [0.15, 0.2) is 0 Å². The first-order chi connectivity index (χ1) is 5.74. The largest absolute Gasteiger partial charge is 0.322 e. The standard InChI is InChI=1S/C6H9N3O2S/c7-8-5-3-1-2-4-6(5)9-12(10)11/h1-4,8-9H,7H2,(H,10,11). The molecule has 0 radical (unpaired) electrons. The van der Waals surface area contributed by atoms with Crippen molar-refractivity contribution >= 4 is 22.6 Å². The van der Waals surface area contributed by atoms with Crippen LogP contribution in [0.4, 0.5) is 11.4 Å². The van der Waals surface area contributed by atoms with E-state index in [0.29, 0.717) is 11.4 Å². The summed E-state index contributed by atoms with van der Waals surface area (Å²) in [5, 5.41) is 0. The fourth-order valence-corrected chi connectivity index (χ4v) is 1.16. The highest BCUT2D eigenvalue weighted by Gasteiger charge is 2.00. The number of rotatable bonds is 3. The SMILES string of the molecule is NNc1ccccc1NS(=O)O. The van der Waals surface area contributed by atoms with E-state index in [0.717, 1.165) is 0 Å². The molecule has 0 aliphatic rings. The minimum absolute atomic E-state index is 0.487. The lowest BCUT2D eigenvalue weighted by molar-refractivity contribution is 0.570. The first kappa shape index (κ1) is 8.98. The van der Waals surface area contributed by atoms with Crippen LogP contribution in [0, 0.1) is 0 Å². The predicted octanol–water partition coefficient (Wildman–Crippen LogP) is 0.521. The van der Waals surface area contributed by atoms with Crippen molar-refractivity contribution in [3.63, 3.8) is 0 Å². The molecule has 0 heterocycles. The van der Waals surface area contributed by atoms with Gasteiger partial charge >= 0.3 is 0 Å². The molecule has 1 aromatic rings. The van der Waals surface area contributed by atoms with E-state index in [1.807, 2.05) is 0 Å². The Bertz CT molecular complexity index is 292. The average Bonchev–Trinajstić information content (AvgIpc) is 2.04. The molecule has 0 amide bonds. The lowest BCUT2D eigenvalue weighted by Gasteiger charge is -2.06. The lowest BCUT2D eigenvalue weighted by Crippen LogP contribution is -2.11. The van der Waals surface area contributed by atoms with Gasteiger partial charge in [-0.3, -0.25) is 15.1 Å². The molecule has 0 aromatic heterocycles. The molecule has 0 aliphatic heterocycles. The normalized spacial score (nSPS) is 12.2. The molecule has 0 saturated carbocycles. The van der Waals surface area contributed by atoms with Gasteiger partial charge in [-0.1, -0.05) is 12.1 Å². The van der Waals surface area contributed by atoms with E-state index in [9.17, 15) is 4.21 Å². The fourth-order valence-electron chi connectivity index (χ4n) is 0.792. The van der Waals surface area contributed by atoms with Gasteiger partial charge in [-0.15, -0.1) is 0 Å². The third-order valence-electron chi connectivity index (χ3n) is 1.28. The van der Waals surface area contributed by atoms with Crippen LogP contribution < -0.4 is 16.0 Å². The molecular formula is C6H9N3O2S. The summed E-state index contributed by atoms with van der Waals surface area (Å²) in [6.07, 6.45) is 0. The molecule has 0 bridgehead atoms. The van der Waals surface area contributed by atoms with Gasteiger partial charge in [-0.2, -0.15) is 0 Å². The molecule has 12 heavy (non-hydrogen) atoms. The second kappa shape index (κ2) is 4.05. The second-order valence-electron chi connectivity index (χ2n) is 2.04.